The summed E-state index contributed by atoms with van der Waals surface area (Å²) in [5.41, 5.74) is 5.59. The maximum Gasteiger partial charge on any atom is 0.326 e. The van der Waals surface area contributed by atoms with Crippen LogP contribution in [0.3, 0.4) is 0 Å². The summed E-state index contributed by atoms with van der Waals surface area (Å²) >= 11 is 5.83. The van der Waals surface area contributed by atoms with Crippen molar-refractivity contribution in [2.75, 3.05) is 5.73 Å². The monoisotopic (exact) mass is 284 g/mol. The first-order valence-electron chi connectivity index (χ1n) is 5.71. The molecule has 5 nitrogen and oxygen atoms in total. The van der Waals surface area contributed by atoms with Gasteiger partial charge >= 0.3 is 5.97 Å². The molecule has 1 rings (SSSR count). The fourth-order valence-electron chi connectivity index (χ4n) is 1.53. The van der Waals surface area contributed by atoms with E-state index in [2.05, 4.69) is 5.32 Å². The van der Waals surface area contributed by atoms with Gasteiger partial charge < -0.3 is 16.2 Å². The number of rotatable bonds is 3. The topological polar surface area (TPSA) is 92.4 Å². The third kappa shape index (κ3) is 3.86. The Labute approximate surface area is 116 Å². The average Bonchev–Trinajstić information content (AvgIpc) is 2.27. The second kappa shape index (κ2) is 5.48. The highest BCUT2D eigenvalue weighted by atomic mass is 35.5. The number of carbonyl (C=O) groups is 2. The van der Waals surface area contributed by atoms with E-state index < -0.39 is 23.3 Å². The Morgan fingerprint density at radius 1 is 1.37 bits per heavy atom. The van der Waals surface area contributed by atoms with Crippen LogP contribution in [0.2, 0.25) is 5.02 Å². The van der Waals surface area contributed by atoms with Crippen molar-refractivity contribution in [1.29, 1.82) is 0 Å². The summed E-state index contributed by atoms with van der Waals surface area (Å²) in [6.45, 7) is 5.21. The maximum atomic E-state index is 12.0. The minimum atomic E-state index is -1.08. The van der Waals surface area contributed by atoms with Crippen molar-refractivity contribution in [3.8, 4) is 0 Å². The predicted molar refractivity (Wildman–Crippen MR) is 74.2 cm³/mol. The molecule has 0 saturated carbocycles. The van der Waals surface area contributed by atoms with Gasteiger partial charge in [-0.3, -0.25) is 4.79 Å². The summed E-state index contributed by atoms with van der Waals surface area (Å²) in [7, 11) is 0. The molecule has 0 aliphatic carbocycles. The lowest BCUT2D eigenvalue weighted by molar-refractivity contribution is -0.142. The van der Waals surface area contributed by atoms with Crippen LogP contribution in [0, 0.1) is 5.41 Å². The van der Waals surface area contributed by atoms with Gasteiger partial charge in [-0.25, -0.2) is 4.79 Å². The van der Waals surface area contributed by atoms with Crippen LogP contribution in [0.15, 0.2) is 18.2 Å². The van der Waals surface area contributed by atoms with Gasteiger partial charge in [0.2, 0.25) is 0 Å². The number of carboxylic acids is 1. The van der Waals surface area contributed by atoms with E-state index in [4.69, 9.17) is 22.4 Å². The van der Waals surface area contributed by atoms with E-state index in [0.717, 1.165) is 0 Å². The van der Waals surface area contributed by atoms with Crippen LogP contribution in [0.5, 0.6) is 0 Å². The fourth-order valence-corrected chi connectivity index (χ4v) is 1.71. The first-order chi connectivity index (χ1) is 8.62. The zero-order valence-corrected chi connectivity index (χ0v) is 11.8. The zero-order chi connectivity index (χ0) is 14.8. The van der Waals surface area contributed by atoms with E-state index in [9.17, 15) is 9.59 Å². The normalized spacial score (nSPS) is 12.8. The molecule has 0 spiro atoms. The Kier molecular flexibility index (Phi) is 4.42. The molecular weight excluding hydrogens is 268 g/mol. The minimum Gasteiger partial charge on any atom is -0.480 e. The zero-order valence-electron chi connectivity index (χ0n) is 11.0. The molecule has 0 radical (unpaired) electrons. The number of halogens is 1. The lowest BCUT2D eigenvalue weighted by Gasteiger charge is -2.27. The van der Waals surface area contributed by atoms with Gasteiger partial charge in [-0.15, -0.1) is 0 Å². The van der Waals surface area contributed by atoms with Crippen molar-refractivity contribution >= 4 is 29.2 Å². The number of benzene rings is 1. The molecule has 1 amide bonds. The summed E-state index contributed by atoms with van der Waals surface area (Å²) in [5, 5.41) is 11.9. The second-order valence-electron chi connectivity index (χ2n) is 5.35. The fraction of sp³-hybridized carbons (Fsp3) is 0.385. The number of nitrogens with two attached hydrogens (primary N) is 1. The number of hydrogen-bond donors (Lipinski definition) is 3. The molecule has 0 bridgehead atoms. The van der Waals surface area contributed by atoms with Gasteiger partial charge in [-0.2, -0.15) is 0 Å². The van der Waals surface area contributed by atoms with E-state index in [1.165, 1.54) is 18.2 Å². The molecule has 0 fully saturated rings. The SMILES string of the molecule is CC(C)(C)C(NC(=O)c1ccc(N)c(Cl)c1)C(=O)O. The third-order valence-corrected chi connectivity index (χ3v) is 2.98. The summed E-state index contributed by atoms with van der Waals surface area (Å²) < 4.78 is 0. The number of nitrogen functional groups attached to an aromatic ring is 1. The largest absolute Gasteiger partial charge is 0.480 e. The molecule has 1 aromatic carbocycles. The van der Waals surface area contributed by atoms with Gasteiger partial charge in [0.1, 0.15) is 6.04 Å². The molecule has 0 saturated heterocycles. The van der Waals surface area contributed by atoms with Crippen molar-refractivity contribution in [3.63, 3.8) is 0 Å². The number of amides is 1. The molecule has 1 aromatic rings. The Bertz CT molecular complexity index is 509. The lowest BCUT2D eigenvalue weighted by Crippen LogP contribution is -2.49. The Morgan fingerprint density at radius 3 is 2.37 bits per heavy atom. The first-order valence-corrected chi connectivity index (χ1v) is 6.09. The van der Waals surface area contributed by atoms with Gasteiger partial charge in [-0.05, 0) is 23.6 Å². The molecule has 6 heteroatoms. The summed E-state index contributed by atoms with van der Waals surface area (Å²) in [6.07, 6.45) is 0. The molecule has 0 heterocycles. The van der Waals surface area contributed by atoms with Crippen LogP contribution < -0.4 is 11.1 Å². The third-order valence-electron chi connectivity index (χ3n) is 2.65. The molecule has 104 valence electrons. The van der Waals surface area contributed by atoms with E-state index in [1.54, 1.807) is 20.8 Å². The van der Waals surface area contributed by atoms with Crippen molar-refractivity contribution in [2.45, 2.75) is 26.8 Å². The quantitative estimate of drug-likeness (QED) is 0.742. The molecule has 4 N–H and O–H groups in total. The second-order valence-corrected chi connectivity index (χ2v) is 5.75. The van der Waals surface area contributed by atoms with Crippen LogP contribution in [0.25, 0.3) is 0 Å². The first kappa shape index (κ1) is 15.3. The summed E-state index contributed by atoms with van der Waals surface area (Å²) in [6, 6.07) is 3.42. The Morgan fingerprint density at radius 2 is 1.95 bits per heavy atom. The number of aliphatic carboxylic acids is 1. The van der Waals surface area contributed by atoms with Crippen LogP contribution in [-0.4, -0.2) is 23.0 Å². The molecule has 0 aliphatic rings. The summed E-state index contributed by atoms with van der Waals surface area (Å²) in [5.74, 6) is -1.58. The Balaban J connectivity index is 2.94. The highest BCUT2D eigenvalue weighted by Crippen LogP contribution is 2.22. The number of nitrogens with one attached hydrogen (secondary N) is 1. The van der Waals surface area contributed by atoms with E-state index in [1.807, 2.05) is 0 Å². The number of anilines is 1. The van der Waals surface area contributed by atoms with Gasteiger partial charge in [0.25, 0.3) is 5.91 Å². The smallest absolute Gasteiger partial charge is 0.326 e. The van der Waals surface area contributed by atoms with E-state index in [-0.39, 0.29) is 10.6 Å². The number of hydrogen-bond acceptors (Lipinski definition) is 3. The van der Waals surface area contributed by atoms with Crippen molar-refractivity contribution < 1.29 is 14.7 Å². The van der Waals surface area contributed by atoms with Gasteiger partial charge in [0.05, 0.1) is 10.7 Å². The molecule has 0 aliphatic heterocycles. The minimum absolute atomic E-state index is 0.260. The van der Waals surface area contributed by atoms with Crippen LogP contribution >= 0.6 is 11.6 Å². The number of carboxylic acid groups (broad SMARTS) is 1. The summed E-state index contributed by atoms with van der Waals surface area (Å²) in [4.78, 5) is 23.2. The average molecular weight is 285 g/mol. The highest BCUT2D eigenvalue weighted by molar-refractivity contribution is 6.33. The van der Waals surface area contributed by atoms with Crippen LogP contribution in [0.4, 0.5) is 5.69 Å². The van der Waals surface area contributed by atoms with Gasteiger partial charge in [0, 0.05) is 5.56 Å². The van der Waals surface area contributed by atoms with Crippen LogP contribution in [-0.2, 0) is 4.79 Å². The van der Waals surface area contributed by atoms with Gasteiger partial charge in [-0.1, -0.05) is 32.4 Å². The lowest BCUT2D eigenvalue weighted by atomic mass is 9.86. The maximum absolute atomic E-state index is 12.0. The number of carbonyl (C=O) groups excluding carboxylic acids is 1. The van der Waals surface area contributed by atoms with Crippen molar-refractivity contribution in [1.82, 2.24) is 5.32 Å². The van der Waals surface area contributed by atoms with Crippen LogP contribution in [0.1, 0.15) is 31.1 Å². The standard InChI is InChI=1S/C13H17ClN2O3/c1-13(2,3)10(12(18)19)16-11(17)7-4-5-9(15)8(14)6-7/h4-6,10H,15H2,1-3H3,(H,16,17)(H,18,19). The highest BCUT2D eigenvalue weighted by Gasteiger charge is 2.32. The van der Waals surface area contributed by atoms with E-state index in [0.29, 0.717) is 5.69 Å². The molecular formula is C13H17ClN2O3. The van der Waals surface area contributed by atoms with E-state index >= 15 is 0 Å². The predicted octanol–water partition coefficient (Wildman–Crippen LogP) is 2.15. The van der Waals surface area contributed by atoms with Gasteiger partial charge in [0.15, 0.2) is 0 Å². The molecule has 1 unspecified atom stereocenters. The molecule has 0 aromatic heterocycles. The van der Waals surface area contributed by atoms with Crippen molar-refractivity contribution in [2.24, 2.45) is 5.41 Å². The molecule has 19 heavy (non-hydrogen) atoms. The Hall–Kier alpha value is -1.75. The molecule has 1 atom stereocenters. The van der Waals surface area contributed by atoms with Crippen molar-refractivity contribution in [3.05, 3.63) is 28.8 Å².